The van der Waals surface area contributed by atoms with E-state index in [1.165, 1.54) is 32.4 Å². The Morgan fingerprint density at radius 3 is 2.12 bits per heavy atom. The molecule has 98 valence electrons. The van der Waals surface area contributed by atoms with Gasteiger partial charge in [-0.1, -0.05) is 40.5 Å². The summed E-state index contributed by atoms with van der Waals surface area (Å²) in [5.74, 6) is 0.869. The lowest BCUT2D eigenvalue weighted by atomic mass is 10.0. The Balaban J connectivity index is 3.94. The fourth-order valence-corrected chi connectivity index (χ4v) is 2.12. The Bertz CT molecular complexity index is 144. The summed E-state index contributed by atoms with van der Waals surface area (Å²) in [4.78, 5) is 2.61. The van der Waals surface area contributed by atoms with Crippen molar-refractivity contribution in [3.63, 3.8) is 0 Å². The zero-order valence-electron chi connectivity index (χ0n) is 12.1. The highest BCUT2D eigenvalue weighted by molar-refractivity contribution is 4.71. The molecular weight excluding hydrogens is 196 g/mol. The monoisotopic (exact) mass is 228 g/mol. The molecule has 1 unspecified atom stereocenters. The summed E-state index contributed by atoms with van der Waals surface area (Å²) >= 11 is 0. The molecule has 0 heterocycles. The molecule has 2 heteroatoms. The van der Waals surface area contributed by atoms with Crippen LogP contribution in [-0.4, -0.2) is 37.1 Å². The number of hydrogen-bond donors (Lipinski definition) is 1. The molecule has 0 aromatic heterocycles. The van der Waals surface area contributed by atoms with Crippen LogP contribution < -0.4 is 5.32 Å². The topological polar surface area (TPSA) is 15.3 Å². The van der Waals surface area contributed by atoms with Crippen LogP contribution in [0.1, 0.15) is 53.9 Å². The van der Waals surface area contributed by atoms with Crippen LogP contribution in [0.15, 0.2) is 0 Å². The minimum Gasteiger partial charge on any atom is -0.315 e. The van der Waals surface area contributed by atoms with Crippen LogP contribution >= 0.6 is 0 Å². The first-order valence-corrected chi connectivity index (χ1v) is 7.14. The van der Waals surface area contributed by atoms with E-state index in [1.54, 1.807) is 0 Å². The minimum atomic E-state index is 0.664. The maximum absolute atomic E-state index is 3.52. The van der Waals surface area contributed by atoms with Crippen molar-refractivity contribution >= 4 is 0 Å². The minimum absolute atomic E-state index is 0.664. The van der Waals surface area contributed by atoms with E-state index >= 15 is 0 Å². The number of nitrogens with zero attached hydrogens (tertiary/aromatic N) is 1. The van der Waals surface area contributed by atoms with Gasteiger partial charge in [0.2, 0.25) is 0 Å². The van der Waals surface area contributed by atoms with E-state index in [0.29, 0.717) is 6.04 Å². The molecule has 0 aliphatic heterocycles. The van der Waals surface area contributed by atoms with Gasteiger partial charge in [0.25, 0.3) is 0 Å². The average Bonchev–Trinajstić information content (AvgIpc) is 2.31. The Labute approximate surface area is 103 Å². The molecule has 0 fully saturated rings. The van der Waals surface area contributed by atoms with Gasteiger partial charge in [0.15, 0.2) is 0 Å². The van der Waals surface area contributed by atoms with Gasteiger partial charge >= 0.3 is 0 Å². The van der Waals surface area contributed by atoms with Crippen molar-refractivity contribution in [3.8, 4) is 0 Å². The SMILES string of the molecule is CCCNCC(C)N(CC)CC(CC)CC. The molecule has 0 saturated heterocycles. The fraction of sp³-hybridized carbons (Fsp3) is 1.00. The molecule has 0 amide bonds. The maximum atomic E-state index is 3.52. The van der Waals surface area contributed by atoms with Gasteiger partial charge in [0.05, 0.1) is 0 Å². The summed E-state index contributed by atoms with van der Waals surface area (Å²) in [6.45, 7) is 16.2. The van der Waals surface area contributed by atoms with Gasteiger partial charge in [-0.2, -0.15) is 0 Å². The second kappa shape index (κ2) is 10.1. The van der Waals surface area contributed by atoms with Crippen molar-refractivity contribution < 1.29 is 0 Å². The quantitative estimate of drug-likeness (QED) is 0.578. The summed E-state index contributed by atoms with van der Waals surface area (Å²) < 4.78 is 0. The molecule has 0 aromatic rings. The number of likely N-dealkylation sites (N-methyl/N-ethyl adjacent to an activating group) is 1. The predicted octanol–water partition coefficient (Wildman–Crippen LogP) is 3.13. The van der Waals surface area contributed by atoms with Gasteiger partial charge in [0, 0.05) is 19.1 Å². The van der Waals surface area contributed by atoms with Crippen molar-refractivity contribution in [1.82, 2.24) is 10.2 Å². The van der Waals surface area contributed by atoms with E-state index in [9.17, 15) is 0 Å². The molecule has 0 radical (unpaired) electrons. The highest BCUT2D eigenvalue weighted by atomic mass is 15.2. The number of rotatable bonds is 10. The van der Waals surface area contributed by atoms with E-state index < -0.39 is 0 Å². The van der Waals surface area contributed by atoms with Crippen LogP contribution in [-0.2, 0) is 0 Å². The third-order valence-electron chi connectivity index (χ3n) is 3.54. The van der Waals surface area contributed by atoms with Crippen LogP contribution in [0.5, 0.6) is 0 Å². The molecule has 0 aliphatic rings. The summed E-state index contributed by atoms with van der Waals surface area (Å²) in [6.07, 6.45) is 3.84. The van der Waals surface area contributed by atoms with Gasteiger partial charge in [-0.05, 0) is 32.4 Å². The van der Waals surface area contributed by atoms with Crippen molar-refractivity contribution in [2.75, 3.05) is 26.2 Å². The molecule has 0 aromatic carbocycles. The number of nitrogens with one attached hydrogen (secondary N) is 1. The third-order valence-corrected chi connectivity index (χ3v) is 3.54. The standard InChI is InChI=1S/C14H32N2/c1-6-10-15-11-13(5)16(9-4)12-14(7-2)8-3/h13-15H,6-12H2,1-5H3. The van der Waals surface area contributed by atoms with Crippen LogP contribution in [0.3, 0.4) is 0 Å². The second-order valence-corrected chi connectivity index (χ2v) is 4.82. The summed E-state index contributed by atoms with van der Waals surface area (Å²) in [6, 6.07) is 0.664. The first-order chi connectivity index (χ1) is 7.69. The first kappa shape index (κ1) is 15.9. The molecule has 0 aliphatic carbocycles. The zero-order chi connectivity index (χ0) is 12.4. The van der Waals surface area contributed by atoms with Crippen LogP contribution in [0.25, 0.3) is 0 Å². The lowest BCUT2D eigenvalue weighted by Gasteiger charge is -2.31. The average molecular weight is 228 g/mol. The van der Waals surface area contributed by atoms with Gasteiger partial charge in [0.1, 0.15) is 0 Å². The van der Waals surface area contributed by atoms with Crippen molar-refractivity contribution in [3.05, 3.63) is 0 Å². The molecule has 1 N–H and O–H groups in total. The first-order valence-electron chi connectivity index (χ1n) is 7.14. The molecule has 16 heavy (non-hydrogen) atoms. The van der Waals surface area contributed by atoms with E-state index in [0.717, 1.165) is 19.0 Å². The molecule has 0 bridgehead atoms. The third kappa shape index (κ3) is 6.49. The Kier molecular flexibility index (Phi) is 10.0. The highest BCUT2D eigenvalue weighted by Gasteiger charge is 2.15. The largest absolute Gasteiger partial charge is 0.315 e. The van der Waals surface area contributed by atoms with Gasteiger partial charge in [-0.3, -0.25) is 4.90 Å². The zero-order valence-corrected chi connectivity index (χ0v) is 12.1. The fourth-order valence-electron chi connectivity index (χ4n) is 2.12. The van der Waals surface area contributed by atoms with Crippen LogP contribution in [0.2, 0.25) is 0 Å². The number of hydrogen-bond acceptors (Lipinski definition) is 2. The Hall–Kier alpha value is -0.0800. The van der Waals surface area contributed by atoms with E-state index in [-0.39, 0.29) is 0 Å². The molecule has 0 spiro atoms. The van der Waals surface area contributed by atoms with E-state index in [1.807, 2.05) is 0 Å². The van der Waals surface area contributed by atoms with Crippen LogP contribution in [0, 0.1) is 5.92 Å². The lowest BCUT2D eigenvalue weighted by Crippen LogP contribution is -2.42. The summed E-state index contributed by atoms with van der Waals surface area (Å²) in [5.41, 5.74) is 0. The summed E-state index contributed by atoms with van der Waals surface area (Å²) in [5, 5.41) is 3.52. The predicted molar refractivity (Wildman–Crippen MR) is 73.9 cm³/mol. The highest BCUT2D eigenvalue weighted by Crippen LogP contribution is 2.11. The normalized spacial score (nSPS) is 13.7. The van der Waals surface area contributed by atoms with Gasteiger partial charge < -0.3 is 5.32 Å². The molecule has 0 rings (SSSR count). The van der Waals surface area contributed by atoms with E-state index in [4.69, 9.17) is 0 Å². The lowest BCUT2D eigenvalue weighted by molar-refractivity contribution is 0.177. The second-order valence-electron chi connectivity index (χ2n) is 4.82. The molecule has 1 atom stereocenters. The maximum Gasteiger partial charge on any atom is 0.0192 e. The van der Waals surface area contributed by atoms with Gasteiger partial charge in [-0.15, -0.1) is 0 Å². The van der Waals surface area contributed by atoms with Gasteiger partial charge in [-0.25, -0.2) is 0 Å². The molecular formula is C14H32N2. The van der Waals surface area contributed by atoms with Crippen molar-refractivity contribution in [2.24, 2.45) is 5.92 Å². The Morgan fingerprint density at radius 2 is 1.69 bits per heavy atom. The van der Waals surface area contributed by atoms with Crippen molar-refractivity contribution in [1.29, 1.82) is 0 Å². The molecule has 2 nitrogen and oxygen atoms in total. The van der Waals surface area contributed by atoms with Crippen molar-refractivity contribution in [2.45, 2.75) is 59.9 Å². The molecule has 0 saturated carbocycles. The Morgan fingerprint density at radius 1 is 1.06 bits per heavy atom. The summed E-state index contributed by atoms with van der Waals surface area (Å²) in [7, 11) is 0. The van der Waals surface area contributed by atoms with E-state index in [2.05, 4.69) is 44.8 Å². The van der Waals surface area contributed by atoms with Crippen LogP contribution in [0.4, 0.5) is 0 Å². The smallest absolute Gasteiger partial charge is 0.0192 e.